The molecule has 8 heteroatoms. The fourth-order valence-corrected chi connectivity index (χ4v) is 4.34. The molecule has 1 unspecified atom stereocenters. The van der Waals surface area contributed by atoms with Crippen molar-refractivity contribution in [2.45, 2.75) is 17.7 Å². The lowest BCUT2D eigenvalue weighted by Gasteiger charge is -2.30. The molecule has 1 heterocycles. The molecule has 1 aromatic carbocycles. The smallest absolute Gasteiger partial charge is 0.309 e. The molecule has 0 aliphatic carbocycles. The summed E-state index contributed by atoms with van der Waals surface area (Å²) < 4.78 is 42.2. The molecule has 1 atom stereocenters. The molecule has 1 fully saturated rings. The Bertz CT molecular complexity index is 673. The highest BCUT2D eigenvalue weighted by atomic mass is 32.2. The van der Waals surface area contributed by atoms with E-state index in [0.717, 1.165) is 0 Å². The zero-order chi connectivity index (χ0) is 17.0. The number of methoxy groups -OCH3 is 3. The topological polar surface area (TPSA) is 82.1 Å². The Morgan fingerprint density at radius 1 is 1.22 bits per heavy atom. The van der Waals surface area contributed by atoms with Gasteiger partial charge >= 0.3 is 5.97 Å². The monoisotopic (exact) mass is 343 g/mol. The molecule has 0 saturated carbocycles. The maximum Gasteiger partial charge on any atom is 0.309 e. The maximum atomic E-state index is 12.9. The quantitative estimate of drug-likeness (QED) is 0.749. The second-order valence-corrected chi connectivity index (χ2v) is 7.15. The van der Waals surface area contributed by atoms with E-state index in [1.54, 1.807) is 12.1 Å². The number of piperidine rings is 1. The van der Waals surface area contributed by atoms with E-state index in [0.29, 0.717) is 25.1 Å². The standard InChI is InChI=1S/C15H21NO6S/c1-20-12-6-7-13(21-2)14(9-12)23(18,19)16-8-4-5-11(10-16)15(17)22-3/h6-7,9,11H,4-5,8,10H2,1-3H3. The number of hydrogen-bond donors (Lipinski definition) is 0. The number of ether oxygens (including phenoxy) is 3. The molecule has 1 aliphatic heterocycles. The van der Waals surface area contributed by atoms with Gasteiger partial charge in [-0.25, -0.2) is 8.42 Å². The van der Waals surface area contributed by atoms with Crippen molar-refractivity contribution >= 4 is 16.0 Å². The number of carbonyl (C=O) groups is 1. The SMILES string of the molecule is COC(=O)C1CCCN(S(=O)(=O)c2cc(OC)ccc2OC)C1. The van der Waals surface area contributed by atoms with E-state index in [2.05, 4.69) is 0 Å². The van der Waals surface area contributed by atoms with Crippen LogP contribution in [0.2, 0.25) is 0 Å². The van der Waals surface area contributed by atoms with E-state index in [9.17, 15) is 13.2 Å². The molecule has 0 spiro atoms. The highest BCUT2D eigenvalue weighted by Gasteiger charge is 2.35. The van der Waals surface area contributed by atoms with Crippen molar-refractivity contribution in [1.29, 1.82) is 0 Å². The summed E-state index contributed by atoms with van der Waals surface area (Å²) in [7, 11) is 0.391. The summed E-state index contributed by atoms with van der Waals surface area (Å²) >= 11 is 0. The Balaban J connectivity index is 2.36. The molecule has 128 valence electrons. The van der Waals surface area contributed by atoms with Crippen molar-refractivity contribution in [3.8, 4) is 11.5 Å². The number of esters is 1. The van der Waals surface area contributed by atoms with Crippen LogP contribution in [-0.2, 0) is 19.6 Å². The van der Waals surface area contributed by atoms with Crippen LogP contribution in [0, 0.1) is 5.92 Å². The van der Waals surface area contributed by atoms with E-state index in [1.165, 1.54) is 31.7 Å². The average Bonchev–Trinajstić information content (AvgIpc) is 2.60. The molecule has 7 nitrogen and oxygen atoms in total. The Labute approximate surface area is 136 Å². The number of rotatable bonds is 5. The first kappa shape index (κ1) is 17.6. The van der Waals surface area contributed by atoms with Crippen LogP contribution < -0.4 is 9.47 Å². The van der Waals surface area contributed by atoms with E-state index >= 15 is 0 Å². The van der Waals surface area contributed by atoms with Crippen molar-refractivity contribution in [3.05, 3.63) is 18.2 Å². The fraction of sp³-hybridized carbons (Fsp3) is 0.533. The minimum absolute atomic E-state index is 0.0323. The van der Waals surface area contributed by atoms with Crippen molar-refractivity contribution in [1.82, 2.24) is 4.31 Å². The number of carbonyl (C=O) groups excluding carboxylic acids is 1. The van der Waals surface area contributed by atoms with E-state index in [1.807, 2.05) is 0 Å². The van der Waals surface area contributed by atoms with Gasteiger partial charge < -0.3 is 14.2 Å². The van der Waals surface area contributed by atoms with Gasteiger partial charge in [0.2, 0.25) is 10.0 Å². The molecule has 0 amide bonds. The first-order chi connectivity index (χ1) is 10.9. The number of hydrogen-bond acceptors (Lipinski definition) is 6. The molecule has 0 radical (unpaired) electrons. The summed E-state index contributed by atoms with van der Waals surface area (Å²) in [5.74, 6) is -0.167. The van der Waals surface area contributed by atoms with Gasteiger partial charge in [-0.15, -0.1) is 0 Å². The Morgan fingerprint density at radius 3 is 2.57 bits per heavy atom. The molecule has 1 aromatic rings. The highest BCUT2D eigenvalue weighted by Crippen LogP contribution is 2.32. The molecular formula is C15H21NO6S. The molecular weight excluding hydrogens is 322 g/mol. The zero-order valence-electron chi connectivity index (χ0n) is 13.4. The average molecular weight is 343 g/mol. The highest BCUT2D eigenvalue weighted by molar-refractivity contribution is 7.89. The van der Waals surface area contributed by atoms with Gasteiger partial charge in [0.05, 0.1) is 27.2 Å². The van der Waals surface area contributed by atoms with Gasteiger partial charge in [-0.3, -0.25) is 4.79 Å². The van der Waals surface area contributed by atoms with Gasteiger partial charge in [0.15, 0.2) is 0 Å². The van der Waals surface area contributed by atoms with Crippen molar-refractivity contribution < 1.29 is 27.4 Å². The summed E-state index contributed by atoms with van der Waals surface area (Å²) in [5, 5.41) is 0. The van der Waals surface area contributed by atoms with Crippen LogP contribution in [0.25, 0.3) is 0 Å². The van der Waals surface area contributed by atoms with Gasteiger partial charge in [-0.2, -0.15) is 4.31 Å². The third-order valence-electron chi connectivity index (χ3n) is 3.91. The first-order valence-electron chi connectivity index (χ1n) is 7.24. The Kier molecular flexibility index (Phi) is 5.48. The number of nitrogens with zero attached hydrogens (tertiary/aromatic N) is 1. The number of sulfonamides is 1. The second-order valence-electron chi connectivity index (χ2n) is 5.24. The lowest BCUT2D eigenvalue weighted by molar-refractivity contribution is -0.146. The normalized spacial score (nSPS) is 19.2. The van der Waals surface area contributed by atoms with Crippen molar-refractivity contribution in [2.24, 2.45) is 5.92 Å². The van der Waals surface area contributed by atoms with E-state index in [4.69, 9.17) is 14.2 Å². The molecule has 23 heavy (non-hydrogen) atoms. The fourth-order valence-electron chi connectivity index (χ4n) is 2.64. The molecule has 1 saturated heterocycles. The summed E-state index contributed by atoms with van der Waals surface area (Å²) in [6, 6.07) is 4.61. The van der Waals surface area contributed by atoms with Gasteiger partial charge in [0, 0.05) is 19.2 Å². The van der Waals surface area contributed by atoms with Crippen LogP contribution in [0.15, 0.2) is 23.1 Å². The third-order valence-corrected chi connectivity index (χ3v) is 5.79. The third kappa shape index (κ3) is 3.59. The van der Waals surface area contributed by atoms with Gasteiger partial charge in [0.25, 0.3) is 0 Å². The van der Waals surface area contributed by atoms with E-state index < -0.39 is 15.9 Å². The van der Waals surface area contributed by atoms with Crippen LogP contribution in [-0.4, -0.2) is 53.1 Å². The summed E-state index contributed by atoms with van der Waals surface area (Å²) in [6.45, 7) is 0.464. The number of benzene rings is 1. The van der Waals surface area contributed by atoms with E-state index in [-0.39, 0.29) is 23.2 Å². The predicted octanol–water partition coefficient (Wildman–Crippen LogP) is 1.28. The molecule has 0 aromatic heterocycles. The molecule has 0 N–H and O–H groups in total. The Morgan fingerprint density at radius 2 is 1.96 bits per heavy atom. The lowest BCUT2D eigenvalue weighted by Crippen LogP contribution is -2.42. The van der Waals surface area contributed by atoms with Crippen LogP contribution >= 0.6 is 0 Å². The second kappa shape index (κ2) is 7.18. The molecule has 2 rings (SSSR count). The summed E-state index contributed by atoms with van der Waals surface area (Å²) in [4.78, 5) is 11.7. The predicted molar refractivity (Wildman–Crippen MR) is 83.0 cm³/mol. The minimum atomic E-state index is -3.79. The molecule has 1 aliphatic rings. The summed E-state index contributed by atoms with van der Waals surface area (Å²) in [6.07, 6.45) is 1.22. The maximum absolute atomic E-state index is 12.9. The van der Waals surface area contributed by atoms with Gasteiger partial charge in [0.1, 0.15) is 16.4 Å². The largest absolute Gasteiger partial charge is 0.497 e. The Hall–Kier alpha value is -1.80. The first-order valence-corrected chi connectivity index (χ1v) is 8.68. The van der Waals surface area contributed by atoms with Crippen LogP contribution in [0.5, 0.6) is 11.5 Å². The van der Waals surface area contributed by atoms with Gasteiger partial charge in [-0.1, -0.05) is 0 Å². The summed E-state index contributed by atoms with van der Waals surface area (Å²) in [5.41, 5.74) is 0. The lowest BCUT2D eigenvalue weighted by atomic mass is 10.0. The van der Waals surface area contributed by atoms with Gasteiger partial charge in [-0.05, 0) is 25.0 Å². The zero-order valence-corrected chi connectivity index (χ0v) is 14.3. The minimum Gasteiger partial charge on any atom is -0.497 e. The van der Waals surface area contributed by atoms with Crippen LogP contribution in [0.1, 0.15) is 12.8 Å². The van der Waals surface area contributed by atoms with Crippen molar-refractivity contribution in [3.63, 3.8) is 0 Å². The van der Waals surface area contributed by atoms with Crippen molar-refractivity contribution in [2.75, 3.05) is 34.4 Å². The molecule has 0 bridgehead atoms. The van der Waals surface area contributed by atoms with Crippen LogP contribution in [0.4, 0.5) is 0 Å². The van der Waals surface area contributed by atoms with Crippen LogP contribution in [0.3, 0.4) is 0 Å².